The molecule has 0 fully saturated rings. The first-order chi connectivity index (χ1) is 42.7. The van der Waals surface area contributed by atoms with Crippen molar-refractivity contribution >= 4 is 90.6 Å². The predicted octanol–water partition coefficient (Wildman–Crippen LogP) is 23.1. The second-order valence-corrected chi connectivity index (χ2v) is 36.0. The summed E-state index contributed by atoms with van der Waals surface area (Å²) in [6.07, 6.45) is 2.60. The van der Waals surface area contributed by atoms with E-state index in [0.29, 0.717) is 25.0 Å². The monoisotopic (exact) mass is 1490 g/mol. The van der Waals surface area contributed by atoms with Crippen LogP contribution in [0, 0.1) is 5.92 Å². The number of hydrogen-bond acceptors (Lipinski definition) is 5. The Hall–Kier alpha value is -5.01. The van der Waals surface area contributed by atoms with Crippen LogP contribution in [0.25, 0.3) is 0 Å². The minimum atomic E-state index is -10.7. The Morgan fingerprint density at radius 3 is 0.968 bits per heavy atom. The number of hydrogen-bond donors (Lipinski definition) is 0. The van der Waals surface area contributed by atoms with Gasteiger partial charge in [-0.2, -0.15) is 0 Å². The summed E-state index contributed by atoms with van der Waals surface area (Å²) >= 11 is -3.32. The van der Waals surface area contributed by atoms with E-state index in [1.54, 1.807) is 0 Å². The van der Waals surface area contributed by atoms with Gasteiger partial charge in [0.05, 0.1) is 42.1 Å². The van der Waals surface area contributed by atoms with E-state index in [9.17, 15) is 42.5 Å². The average Bonchev–Trinajstić information content (AvgIpc) is 0.781. The van der Waals surface area contributed by atoms with Crippen molar-refractivity contribution in [1.29, 1.82) is 0 Å². The molecule has 3 aliphatic heterocycles. The van der Waals surface area contributed by atoms with E-state index in [1.165, 1.54) is 91.0 Å². The Balaban J connectivity index is 0.000000200. The Morgan fingerprint density at radius 2 is 0.699 bits per heavy atom. The molecule has 12 rings (SSSR count). The zero-order valence-corrected chi connectivity index (χ0v) is 59.2. The van der Waals surface area contributed by atoms with Gasteiger partial charge in [0.25, 0.3) is 0 Å². The smallest absolute Gasteiger partial charge is 1.00 e. The fourth-order valence-corrected chi connectivity index (χ4v) is 20.6. The quantitative estimate of drug-likeness (QED) is 0.0375. The third-order valence-electron chi connectivity index (χ3n) is 14.9. The maximum absolute atomic E-state index is 10.7. The molecule has 0 saturated carbocycles. The molecule has 93 heavy (non-hydrogen) atoms. The van der Waals surface area contributed by atoms with Gasteiger partial charge in [-0.05, 0) is 169 Å². The van der Waals surface area contributed by atoms with E-state index < -0.39 is 22.6 Å². The number of rotatable bonds is 13. The molecule has 2 nitrogen and oxygen atoms in total. The summed E-state index contributed by atoms with van der Waals surface area (Å²) in [5.41, 5.74) is 3.10. The first-order valence-electron chi connectivity index (χ1n) is 29.2. The van der Waals surface area contributed by atoms with Crippen molar-refractivity contribution in [2.45, 2.75) is 167 Å². The molecule has 0 radical (unpaired) electrons. The second-order valence-electron chi connectivity index (χ2n) is 22.3. The van der Waals surface area contributed by atoms with Crippen LogP contribution in [0.2, 0.25) is 0 Å². The van der Waals surface area contributed by atoms with Crippen LogP contribution in [-0.2, 0) is 42.8 Å². The van der Waals surface area contributed by atoms with Crippen molar-refractivity contribution in [2.75, 3.05) is 13.2 Å². The summed E-state index contributed by atoms with van der Waals surface area (Å²) in [5, 5.41) is 0. The van der Waals surface area contributed by atoms with E-state index in [-0.39, 0.29) is 56.3 Å². The zero-order valence-electron chi connectivity index (χ0n) is 51.5. The van der Waals surface area contributed by atoms with Crippen LogP contribution in [0.1, 0.15) is 92.7 Å². The van der Waals surface area contributed by atoms with Gasteiger partial charge in [0.1, 0.15) is 45.0 Å². The maximum atomic E-state index is 9.89. The van der Waals surface area contributed by atoms with Crippen LogP contribution in [0.4, 0.5) is 42.5 Å². The van der Waals surface area contributed by atoms with Crippen molar-refractivity contribution in [3.05, 3.63) is 230 Å². The molecule has 2 atom stereocenters. The summed E-state index contributed by atoms with van der Waals surface area (Å²) in [4.78, 5) is 21.1. The summed E-state index contributed by atoms with van der Waals surface area (Å²) in [6.45, 7) is 19.1. The molecular weight excluding hydrogens is 1410 g/mol. The molecule has 9 aromatic carbocycles. The van der Waals surface area contributed by atoms with E-state index >= 15 is 0 Å². The molecule has 0 saturated heterocycles. The standard InChI is InChI=1S/C25H27O2S2.C23H23S2.C22H21S2.CH4.AsF5.F6P.FH/c1-18(2)19(3)26-16-17-27-20-12-14-21(15-13-20)29-24-10-6-4-8-22(24)28-23-9-5-7-11-25(23)29;1-4-23(2,3)17-13-15-18(16-14-17)25-21-11-7-5-9-19(21)24-20-10-6-8-12-22(20)25;1-3-16(2)17-12-14-18(15-13-17)24-21-10-6-4-8-19(21)23-20-9-5-7-11-22(20)24;;2-1(3,4,5)6;1-7(2,3,4,5)6;/h4-15,18-19H,16-17H2,1-3H3;5-16H,4H2,1-3H3;4-16H,3H2,1-2H3;1H4;;;1H/q3*+1;;;-1;/p-1. The van der Waals surface area contributed by atoms with Crippen LogP contribution in [0.3, 0.4) is 0 Å². The fourth-order valence-electron chi connectivity index (χ4n) is 9.36. The van der Waals surface area contributed by atoms with Gasteiger partial charge in [-0.15, -0.1) is 0 Å². The van der Waals surface area contributed by atoms with Gasteiger partial charge in [0.2, 0.25) is 0 Å². The first kappa shape index (κ1) is 77.0. The molecule has 0 spiro atoms. The van der Waals surface area contributed by atoms with Crippen molar-refractivity contribution in [1.82, 2.24) is 0 Å². The van der Waals surface area contributed by atoms with Crippen LogP contribution in [0.5, 0.6) is 5.75 Å². The topological polar surface area (TPSA) is 18.5 Å². The van der Waals surface area contributed by atoms with Crippen LogP contribution >= 0.6 is 43.1 Å². The van der Waals surface area contributed by atoms with E-state index in [0.717, 1.165) is 12.2 Å². The van der Waals surface area contributed by atoms with Crippen molar-refractivity contribution in [2.24, 2.45) is 5.92 Å². The second kappa shape index (κ2) is 31.5. The third-order valence-corrected chi connectivity index (χ3v) is 26.1. The molecule has 500 valence electrons. The summed E-state index contributed by atoms with van der Waals surface area (Å²) in [6, 6.07) is 80.2. The first-order valence-corrected chi connectivity index (χ1v) is 40.9. The number of ether oxygens (including phenoxy) is 2. The van der Waals surface area contributed by atoms with Crippen molar-refractivity contribution < 1.29 is 56.7 Å². The summed E-state index contributed by atoms with van der Waals surface area (Å²) < 4.78 is 120. The van der Waals surface area contributed by atoms with Gasteiger partial charge in [0.15, 0.2) is 44.1 Å². The third kappa shape index (κ3) is 23.1. The van der Waals surface area contributed by atoms with Gasteiger partial charge in [-0.3, -0.25) is 0 Å². The Bertz CT molecular complexity index is 3730. The normalized spacial score (nSPS) is 15.0. The SMILES string of the molecule is C.CC(C)C(C)OCCOc1ccc([S+]2c3ccccc3Sc3ccccc32)cc1.CCC(C)(C)c1ccc([S+]2c3ccccc3Sc3ccccc32)cc1.CCC(C)c1ccc([S+]2c3ccccc3Sc3ccccc32)cc1.F[As](F)(F)(F)F.F[P-](F)(F)(F)(F)F.[F-]. The molecule has 3 aliphatic rings. The van der Waals surface area contributed by atoms with E-state index in [2.05, 4.69) is 274 Å². The summed E-state index contributed by atoms with van der Waals surface area (Å²) in [7, 11) is -10.8. The largest absolute Gasteiger partial charge is 1.00 e. The Labute approximate surface area is 563 Å². The van der Waals surface area contributed by atoms with Crippen LogP contribution < -0.4 is 9.44 Å². The minimum Gasteiger partial charge on any atom is -1.00 e. The van der Waals surface area contributed by atoms with E-state index in [1.807, 2.05) is 35.3 Å². The molecule has 2 unspecified atom stereocenters. The van der Waals surface area contributed by atoms with Crippen LogP contribution in [0.15, 0.2) is 292 Å². The maximum Gasteiger partial charge on any atom is -1.00 e. The molecule has 3 heterocycles. The molecule has 0 N–H and O–H groups in total. The molecular formula is C71H75AsF12O2PS6+. The zero-order chi connectivity index (χ0) is 66.0. The molecule has 22 heteroatoms. The van der Waals surface area contributed by atoms with E-state index in [4.69, 9.17) is 9.47 Å². The van der Waals surface area contributed by atoms with Gasteiger partial charge >= 0.3 is 65.1 Å². The minimum absolute atomic E-state index is 0. The van der Waals surface area contributed by atoms with Gasteiger partial charge < -0.3 is 14.2 Å². The van der Waals surface area contributed by atoms with Crippen molar-refractivity contribution in [3.63, 3.8) is 0 Å². The predicted molar refractivity (Wildman–Crippen MR) is 366 cm³/mol. The van der Waals surface area contributed by atoms with Gasteiger partial charge in [0, 0.05) is 0 Å². The molecule has 9 aromatic rings. The molecule has 0 amide bonds. The van der Waals surface area contributed by atoms with Crippen molar-refractivity contribution in [3.8, 4) is 5.75 Å². The number of halogens is 12. The number of benzene rings is 9. The van der Waals surface area contributed by atoms with Gasteiger partial charge in [-0.1, -0.05) is 188 Å². The molecule has 0 bridgehead atoms. The number of fused-ring (bicyclic) bond motifs is 6. The van der Waals surface area contributed by atoms with Crippen LogP contribution in [-0.4, -0.2) is 34.1 Å². The van der Waals surface area contributed by atoms with Gasteiger partial charge in [-0.25, -0.2) is 0 Å². The molecule has 0 aliphatic carbocycles. The Morgan fingerprint density at radius 1 is 0.430 bits per heavy atom. The average molecular weight is 1490 g/mol. The molecule has 0 aromatic heterocycles. The fraction of sp³-hybridized carbons (Fsp3) is 0.239. The summed E-state index contributed by atoms with van der Waals surface area (Å²) in [5.74, 6) is 2.05. The Kier molecular flexibility index (Phi) is 26.0.